The molecule has 0 radical (unpaired) electrons. The highest BCUT2D eigenvalue weighted by molar-refractivity contribution is 7.20. The van der Waals surface area contributed by atoms with E-state index < -0.39 is 8.07 Å². The highest BCUT2D eigenvalue weighted by atomic mass is 28.3. The van der Waals surface area contributed by atoms with Crippen molar-refractivity contribution in [3.63, 3.8) is 0 Å². The van der Waals surface area contributed by atoms with E-state index in [-0.39, 0.29) is 6.71 Å². The fourth-order valence-corrected chi connectivity index (χ4v) is 13.7. The summed E-state index contributed by atoms with van der Waals surface area (Å²) < 4.78 is 6.84. The molecule has 0 amide bonds. The Hall–Kier alpha value is -6.16. The highest BCUT2D eigenvalue weighted by Gasteiger charge is 2.41. The fourth-order valence-electron chi connectivity index (χ4n) is 8.89. The second kappa shape index (κ2) is 12.6. The number of para-hydroxylation sites is 1. The maximum atomic E-state index is 6.84. The number of fused-ring (bicyclic) bond motifs is 5. The zero-order valence-electron chi connectivity index (χ0n) is 28.7. The summed E-state index contributed by atoms with van der Waals surface area (Å²) in [6.07, 6.45) is 0.978. The van der Waals surface area contributed by atoms with Gasteiger partial charge in [-0.3, -0.25) is 0 Å². The van der Waals surface area contributed by atoms with Crippen molar-refractivity contribution in [1.82, 2.24) is 0 Å². The van der Waals surface area contributed by atoms with Crippen LogP contribution in [0.1, 0.15) is 11.1 Å². The molecule has 0 aliphatic carbocycles. The third kappa shape index (κ3) is 4.85. The Balaban J connectivity index is 1.16. The minimum Gasteiger partial charge on any atom is -0.455 e. The van der Waals surface area contributed by atoms with E-state index in [1.807, 2.05) is 0 Å². The van der Waals surface area contributed by atoms with Gasteiger partial charge in [-0.1, -0.05) is 211 Å². The average Bonchev–Trinajstić information content (AvgIpc) is 3.60. The van der Waals surface area contributed by atoms with Crippen LogP contribution in [0, 0.1) is 0 Å². The van der Waals surface area contributed by atoms with E-state index in [9.17, 15) is 0 Å². The van der Waals surface area contributed by atoms with Crippen LogP contribution in [-0.4, -0.2) is 14.8 Å². The lowest BCUT2D eigenvalue weighted by Gasteiger charge is -2.34. The lowest BCUT2D eigenvalue weighted by molar-refractivity contribution is 0.670. The van der Waals surface area contributed by atoms with Gasteiger partial charge in [0.05, 0.1) is 0 Å². The average molecular weight is 679 g/mol. The van der Waals surface area contributed by atoms with Gasteiger partial charge in [-0.15, -0.1) is 0 Å². The molecular formula is C49H35BOSi. The quantitative estimate of drug-likeness (QED) is 0.136. The van der Waals surface area contributed by atoms with Crippen molar-refractivity contribution >= 4 is 73.9 Å². The zero-order chi connectivity index (χ0) is 34.5. The third-order valence-electron chi connectivity index (χ3n) is 11.2. The SMILES string of the molecule is c1ccc([Si](c2ccccc2)(c2ccccc2)c2ccc3oc4c(-c5cccc(B6c7ccccc7Cc7ccccc76)c5)cccc4c3c2)cc1. The smallest absolute Gasteiger partial charge is 0.241 e. The standard InChI is InChI=1S/C49H35BOSi/c1-4-20-39(21-5-1)52(40-22-6-2-7-23-40,41-24-8-3-9-25-41)42-30-31-48-45(34-42)44-27-15-26-43(49(44)51-48)35-18-14-19-38(33-35)50-46-28-12-10-16-36(46)32-37-17-11-13-29-47(37)50/h1-31,33-34H,32H2. The van der Waals surface area contributed by atoms with Crippen LogP contribution < -0.4 is 37.1 Å². The maximum absolute atomic E-state index is 6.84. The second-order valence-corrected chi connectivity index (χ2v) is 17.8. The van der Waals surface area contributed by atoms with Gasteiger partial charge in [-0.05, 0) is 49.9 Å². The summed E-state index contributed by atoms with van der Waals surface area (Å²) in [5.74, 6) is 0. The van der Waals surface area contributed by atoms with Crippen molar-refractivity contribution in [2.75, 3.05) is 0 Å². The molecule has 1 nitrogen and oxygen atoms in total. The van der Waals surface area contributed by atoms with E-state index in [1.165, 1.54) is 53.8 Å². The Kier molecular flexibility index (Phi) is 7.40. The van der Waals surface area contributed by atoms with E-state index in [2.05, 4.69) is 200 Å². The molecule has 1 aromatic heterocycles. The van der Waals surface area contributed by atoms with E-state index in [0.29, 0.717) is 0 Å². The van der Waals surface area contributed by atoms with Crippen molar-refractivity contribution < 1.29 is 4.42 Å². The van der Waals surface area contributed by atoms with E-state index >= 15 is 0 Å². The summed E-state index contributed by atoms with van der Waals surface area (Å²) in [6, 6.07) is 73.9. The number of hydrogen-bond acceptors (Lipinski definition) is 1. The van der Waals surface area contributed by atoms with Crippen molar-refractivity contribution in [3.05, 3.63) is 211 Å². The molecule has 3 heteroatoms. The van der Waals surface area contributed by atoms with Crippen LogP contribution in [0.25, 0.3) is 33.1 Å². The topological polar surface area (TPSA) is 13.1 Å². The Morgan fingerprint density at radius 2 is 0.981 bits per heavy atom. The summed E-state index contributed by atoms with van der Waals surface area (Å²) in [5, 5.41) is 7.73. The first-order chi connectivity index (χ1) is 25.8. The Bertz CT molecular complexity index is 2580. The normalized spacial score (nSPS) is 12.5. The molecule has 1 aliphatic rings. The van der Waals surface area contributed by atoms with Gasteiger partial charge >= 0.3 is 0 Å². The van der Waals surface area contributed by atoms with Gasteiger partial charge in [0, 0.05) is 16.3 Å². The Morgan fingerprint density at radius 3 is 1.60 bits per heavy atom. The molecule has 0 bridgehead atoms. The third-order valence-corrected chi connectivity index (χ3v) is 16.0. The Morgan fingerprint density at radius 1 is 0.423 bits per heavy atom. The van der Waals surface area contributed by atoms with E-state index in [4.69, 9.17) is 4.42 Å². The fraction of sp³-hybridized carbons (Fsp3) is 0.0204. The van der Waals surface area contributed by atoms with Crippen LogP contribution in [0.15, 0.2) is 205 Å². The molecule has 1 aliphatic heterocycles. The first-order valence-electron chi connectivity index (χ1n) is 18.2. The number of benzene rings is 8. The van der Waals surface area contributed by atoms with Crippen molar-refractivity contribution in [3.8, 4) is 11.1 Å². The van der Waals surface area contributed by atoms with E-state index in [1.54, 1.807) is 0 Å². The first-order valence-corrected chi connectivity index (χ1v) is 20.2. The molecule has 0 saturated carbocycles. The van der Waals surface area contributed by atoms with Gasteiger partial charge in [-0.25, -0.2) is 0 Å². The van der Waals surface area contributed by atoms with Crippen LogP contribution in [-0.2, 0) is 6.42 Å². The van der Waals surface area contributed by atoms with E-state index in [0.717, 1.165) is 33.9 Å². The minimum atomic E-state index is -2.68. The molecule has 2 heterocycles. The summed E-state index contributed by atoms with van der Waals surface area (Å²) in [4.78, 5) is 0. The highest BCUT2D eigenvalue weighted by Crippen LogP contribution is 2.35. The van der Waals surface area contributed by atoms with Crippen molar-refractivity contribution in [2.45, 2.75) is 6.42 Å². The molecule has 244 valence electrons. The Labute approximate surface area is 305 Å². The monoisotopic (exact) mass is 678 g/mol. The molecule has 8 aromatic carbocycles. The predicted octanol–water partition coefficient (Wildman–Crippen LogP) is 7.05. The van der Waals surface area contributed by atoms with Gasteiger partial charge in [0.1, 0.15) is 11.2 Å². The summed E-state index contributed by atoms with van der Waals surface area (Å²) >= 11 is 0. The number of furan rings is 1. The molecule has 0 fully saturated rings. The van der Waals surface area contributed by atoms with Crippen LogP contribution in [0.2, 0.25) is 0 Å². The predicted molar refractivity (Wildman–Crippen MR) is 223 cm³/mol. The molecule has 0 spiro atoms. The van der Waals surface area contributed by atoms with Crippen molar-refractivity contribution in [1.29, 1.82) is 0 Å². The van der Waals surface area contributed by atoms with Crippen LogP contribution in [0.3, 0.4) is 0 Å². The molecule has 0 unspecified atom stereocenters. The van der Waals surface area contributed by atoms with Gasteiger partial charge in [-0.2, -0.15) is 0 Å². The number of hydrogen-bond donors (Lipinski definition) is 0. The van der Waals surface area contributed by atoms with Gasteiger partial charge in [0.15, 0.2) is 8.07 Å². The largest absolute Gasteiger partial charge is 0.455 e. The maximum Gasteiger partial charge on any atom is 0.241 e. The van der Waals surface area contributed by atoms with Crippen LogP contribution in [0.5, 0.6) is 0 Å². The molecular weight excluding hydrogens is 643 g/mol. The molecule has 9 aromatic rings. The lowest BCUT2D eigenvalue weighted by atomic mass is 9.33. The van der Waals surface area contributed by atoms with Crippen LogP contribution in [0.4, 0.5) is 0 Å². The van der Waals surface area contributed by atoms with Crippen LogP contribution >= 0.6 is 0 Å². The summed E-state index contributed by atoms with van der Waals surface area (Å²) in [6.45, 7) is 0.186. The van der Waals surface area contributed by atoms with Gasteiger partial charge in [0.2, 0.25) is 6.71 Å². The molecule has 0 saturated heterocycles. The first kappa shape index (κ1) is 30.6. The zero-order valence-corrected chi connectivity index (χ0v) is 29.7. The molecule has 0 N–H and O–H groups in total. The molecule has 0 atom stereocenters. The number of rotatable bonds is 6. The second-order valence-electron chi connectivity index (χ2n) is 14.0. The van der Waals surface area contributed by atoms with Crippen molar-refractivity contribution in [2.24, 2.45) is 0 Å². The lowest BCUT2D eigenvalue weighted by Crippen LogP contribution is -2.74. The van der Waals surface area contributed by atoms with Gasteiger partial charge in [0.25, 0.3) is 0 Å². The summed E-state index contributed by atoms with van der Waals surface area (Å²) in [7, 11) is -2.68. The molecule has 10 rings (SSSR count). The molecule has 52 heavy (non-hydrogen) atoms. The minimum absolute atomic E-state index is 0.186. The summed E-state index contributed by atoms with van der Waals surface area (Å²) in [5.41, 5.74) is 11.1. The van der Waals surface area contributed by atoms with Gasteiger partial charge < -0.3 is 4.42 Å².